The summed E-state index contributed by atoms with van der Waals surface area (Å²) >= 11 is 0.907. The van der Waals surface area contributed by atoms with Crippen LogP contribution in [0.3, 0.4) is 0 Å². The third kappa shape index (κ3) is 2.06. The number of nitrogens with zero attached hydrogens (tertiary/aromatic N) is 2. The highest BCUT2D eigenvalue weighted by atomic mass is 32.1. The molecule has 2 aromatic rings. The van der Waals surface area contributed by atoms with Crippen molar-refractivity contribution in [1.82, 2.24) is 8.97 Å². The quantitative estimate of drug-likeness (QED) is 0.814. The minimum Gasteiger partial charge on any atom is -0.477 e. The fourth-order valence-corrected chi connectivity index (χ4v) is 2.59. The molecule has 0 unspecified atom stereocenters. The summed E-state index contributed by atoms with van der Waals surface area (Å²) in [6, 6.07) is 0. The molecule has 2 aromatic heterocycles. The Morgan fingerprint density at radius 3 is 2.74 bits per heavy atom. The van der Waals surface area contributed by atoms with E-state index in [0.717, 1.165) is 15.9 Å². The maximum Gasteiger partial charge on any atom is 0.347 e. The molecule has 0 saturated heterocycles. The highest BCUT2D eigenvalue weighted by molar-refractivity contribution is 7.19. The van der Waals surface area contributed by atoms with E-state index in [9.17, 15) is 14.4 Å². The molecule has 0 spiro atoms. The van der Waals surface area contributed by atoms with Crippen molar-refractivity contribution in [1.29, 1.82) is 0 Å². The Morgan fingerprint density at radius 1 is 1.47 bits per heavy atom. The lowest BCUT2D eigenvalue weighted by molar-refractivity contribution is 0.0701. The van der Waals surface area contributed by atoms with Gasteiger partial charge in [0.25, 0.3) is 5.56 Å². The van der Waals surface area contributed by atoms with Gasteiger partial charge in [-0.3, -0.25) is 9.20 Å². The first-order chi connectivity index (χ1) is 8.97. The second kappa shape index (κ2) is 4.74. The van der Waals surface area contributed by atoms with Crippen molar-refractivity contribution in [3.8, 4) is 11.8 Å². The molecule has 0 atom stereocenters. The third-order valence-corrected chi connectivity index (χ3v) is 3.82. The molecule has 0 fully saturated rings. The SMILES string of the molecule is CC#CCn1c(=O)c(C)c2sc(C(=O)O)cn2c1=O. The van der Waals surface area contributed by atoms with E-state index in [1.807, 2.05) is 0 Å². The van der Waals surface area contributed by atoms with Crippen LogP contribution in [-0.4, -0.2) is 20.0 Å². The van der Waals surface area contributed by atoms with Crippen molar-refractivity contribution in [3.05, 3.63) is 37.5 Å². The van der Waals surface area contributed by atoms with Gasteiger partial charge in [0.2, 0.25) is 0 Å². The number of aryl methyl sites for hydroxylation is 1. The molecule has 7 heteroatoms. The molecule has 2 heterocycles. The van der Waals surface area contributed by atoms with Crippen LogP contribution in [0.4, 0.5) is 0 Å². The van der Waals surface area contributed by atoms with Crippen LogP contribution in [0.1, 0.15) is 22.2 Å². The van der Waals surface area contributed by atoms with Crippen LogP contribution >= 0.6 is 11.3 Å². The summed E-state index contributed by atoms with van der Waals surface area (Å²) in [6.45, 7) is 3.17. The third-order valence-electron chi connectivity index (χ3n) is 2.62. The Kier molecular flexibility index (Phi) is 3.27. The largest absolute Gasteiger partial charge is 0.477 e. The van der Waals surface area contributed by atoms with Gasteiger partial charge in [0, 0.05) is 11.8 Å². The number of carboxylic acids is 1. The van der Waals surface area contributed by atoms with Gasteiger partial charge in [0.05, 0.1) is 6.54 Å². The van der Waals surface area contributed by atoms with Gasteiger partial charge in [0.1, 0.15) is 9.71 Å². The first kappa shape index (κ1) is 13.1. The lowest BCUT2D eigenvalue weighted by atomic mass is 10.4. The molecular formula is C12H10N2O4S. The van der Waals surface area contributed by atoms with Crippen molar-refractivity contribution >= 4 is 22.1 Å². The summed E-state index contributed by atoms with van der Waals surface area (Å²) in [6.07, 6.45) is 1.23. The molecular weight excluding hydrogens is 268 g/mol. The summed E-state index contributed by atoms with van der Waals surface area (Å²) < 4.78 is 2.18. The minimum absolute atomic E-state index is 0.00377. The van der Waals surface area contributed by atoms with E-state index in [1.165, 1.54) is 10.6 Å². The van der Waals surface area contributed by atoms with Crippen molar-refractivity contribution in [2.45, 2.75) is 20.4 Å². The molecule has 0 saturated carbocycles. The zero-order chi connectivity index (χ0) is 14.2. The van der Waals surface area contributed by atoms with Crippen molar-refractivity contribution in [2.24, 2.45) is 0 Å². The second-order valence-corrected chi connectivity index (χ2v) is 4.83. The summed E-state index contributed by atoms with van der Waals surface area (Å²) in [5.74, 6) is 4.14. The van der Waals surface area contributed by atoms with Crippen molar-refractivity contribution in [2.75, 3.05) is 0 Å². The van der Waals surface area contributed by atoms with Gasteiger partial charge in [-0.2, -0.15) is 0 Å². The molecule has 2 rings (SSSR count). The highest BCUT2D eigenvalue weighted by Crippen LogP contribution is 2.17. The van der Waals surface area contributed by atoms with Crippen molar-refractivity contribution in [3.63, 3.8) is 0 Å². The van der Waals surface area contributed by atoms with E-state index in [2.05, 4.69) is 11.8 Å². The first-order valence-electron chi connectivity index (χ1n) is 5.36. The van der Waals surface area contributed by atoms with E-state index >= 15 is 0 Å². The number of hydrogen-bond donors (Lipinski definition) is 1. The maximum absolute atomic E-state index is 12.1. The van der Waals surface area contributed by atoms with Crippen LogP contribution in [0.5, 0.6) is 0 Å². The summed E-state index contributed by atoms with van der Waals surface area (Å²) in [4.78, 5) is 35.4. The molecule has 0 radical (unpaired) electrons. The first-order valence-corrected chi connectivity index (χ1v) is 6.17. The average Bonchev–Trinajstić information content (AvgIpc) is 2.82. The molecule has 19 heavy (non-hydrogen) atoms. The number of hydrogen-bond acceptors (Lipinski definition) is 4. The normalized spacial score (nSPS) is 10.2. The van der Waals surface area contributed by atoms with Crippen molar-refractivity contribution < 1.29 is 9.90 Å². The predicted octanol–water partition coefficient (Wildman–Crippen LogP) is 0.553. The van der Waals surface area contributed by atoms with E-state index in [-0.39, 0.29) is 11.4 Å². The Morgan fingerprint density at radius 2 is 2.16 bits per heavy atom. The van der Waals surface area contributed by atoms with Gasteiger partial charge < -0.3 is 5.11 Å². The Hall–Kier alpha value is -2.33. The Balaban J connectivity index is 2.87. The number of fused-ring (bicyclic) bond motifs is 1. The van der Waals surface area contributed by atoms with E-state index in [1.54, 1.807) is 13.8 Å². The maximum atomic E-state index is 12.1. The predicted molar refractivity (Wildman–Crippen MR) is 71.0 cm³/mol. The van der Waals surface area contributed by atoms with E-state index < -0.39 is 17.2 Å². The molecule has 0 aromatic carbocycles. The fourth-order valence-electron chi connectivity index (χ4n) is 1.66. The summed E-state index contributed by atoms with van der Waals surface area (Å²) in [5, 5.41) is 8.94. The van der Waals surface area contributed by atoms with Crippen LogP contribution in [0.2, 0.25) is 0 Å². The monoisotopic (exact) mass is 278 g/mol. The van der Waals surface area contributed by atoms with Gasteiger partial charge in [0.15, 0.2) is 0 Å². The number of thiazole rings is 1. The highest BCUT2D eigenvalue weighted by Gasteiger charge is 2.16. The van der Waals surface area contributed by atoms with E-state index in [0.29, 0.717) is 10.4 Å². The Bertz CT molecular complexity index is 845. The summed E-state index contributed by atoms with van der Waals surface area (Å²) in [7, 11) is 0. The zero-order valence-corrected chi connectivity index (χ0v) is 11.1. The van der Waals surface area contributed by atoms with Crippen LogP contribution in [0, 0.1) is 18.8 Å². The molecule has 0 bridgehead atoms. The number of carboxylic acid groups (broad SMARTS) is 1. The molecule has 0 aliphatic rings. The number of aromatic carboxylic acids is 1. The van der Waals surface area contributed by atoms with Gasteiger partial charge in [-0.1, -0.05) is 5.92 Å². The molecule has 0 amide bonds. The van der Waals surface area contributed by atoms with Crippen LogP contribution in [-0.2, 0) is 6.54 Å². The van der Waals surface area contributed by atoms with Crippen LogP contribution < -0.4 is 11.2 Å². The van der Waals surface area contributed by atoms with Gasteiger partial charge in [-0.15, -0.1) is 17.3 Å². The average molecular weight is 278 g/mol. The lowest BCUT2D eigenvalue weighted by Crippen LogP contribution is -2.37. The molecule has 0 aliphatic heterocycles. The second-order valence-electron chi connectivity index (χ2n) is 3.80. The number of rotatable bonds is 2. The standard InChI is InChI=1S/C12H10N2O4S/c1-3-4-5-13-9(15)7(2)10-14(12(13)18)6-8(19-10)11(16)17/h6H,5H2,1-2H3,(H,16,17). The minimum atomic E-state index is -1.13. The lowest BCUT2D eigenvalue weighted by Gasteiger charge is -2.03. The Labute approximate surface area is 111 Å². The van der Waals surface area contributed by atoms with Gasteiger partial charge >= 0.3 is 11.7 Å². The molecule has 0 aliphatic carbocycles. The molecule has 98 valence electrons. The van der Waals surface area contributed by atoms with Gasteiger partial charge in [-0.25, -0.2) is 14.2 Å². The number of aromatic nitrogens is 2. The fraction of sp³-hybridized carbons (Fsp3) is 0.250. The molecule has 1 N–H and O–H groups in total. The van der Waals surface area contributed by atoms with Gasteiger partial charge in [-0.05, 0) is 13.8 Å². The van der Waals surface area contributed by atoms with Crippen LogP contribution in [0.15, 0.2) is 15.8 Å². The van der Waals surface area contributed by atoms with Crippen LogP contribution in [0.25, 0.3) is 4.83 Å². The zero-order valence-electron chi connectivity index (χ0n) is 10.3. The smallest absolute Gasteiger partial charge is 0.347 e. The van der Waals surface area contributed by atoms with E-state index in [4.69, 9.17) is 5.11 Å². The number of carbonyl (C=O) groups is 1. The summed E-state index contributed by atoms with van der Waals surface area (Å²) in [5.41, 5.74) is -0.668. The topological polar surface area (TPSA) is 80.8 Å². The molecule has 6 nitrogen and oxygen atoms in total.